The molecule has 2 aromatic carbocycles. The van der Waals surface area contributed by atoms with Crippen LogP contribution in [0.3, 0.4) is 0 Å². The third-order valence-corrected chi connectivity index (χ3v) is 5.47. The molecule has 1 N–H and O–H groups in total. The fourth-order valence-corrected chi connectivity index (χ4v) is 3.57. The summed E-state index contributed by atoms with van der Waals surface area (Å²) in [4.78, 5) is 26.4. The van der Waals surface area contributed by atoms with Gasteiger partial charge in [-0.2, -0.15) is 0 Å². The molecule has 0 atom stereocenters. The van der Waals surface area contributed by atoms with E-state index in [0.29, 0.717) is 42.8 Å². The molecule has 2 amide bonds. The van der Waals surface area contributed by atoms with Crippen molar-refractivity contribution in [2.75, 3.05) is 40.5 Å². The van der Waals surface area contributed by atoms with E-state index in [4.69, 9.17) is 14.2 Å². The van der Waals surface area contributed by atoms with E-state index in [1.54, 1.807) is 26.4 Å². The molecule has 1 saturated heterocycles. The smallest absolute Gasteiger partial charge is 0.260 e. The van der Waals surface area contributed by atoms with Gasteiger partial charge >= 0.3 is 0 Å². The van der Waals surface area contributed by atoms with Crippen LogP contribution in [-0.4, -0.2) is 57.2 Å². The van der Waals surface area contributed by atoms with Gasteiger partial charge in [-0.3, -0.25) is 9.59 Å². The molecule has 0 aromatic heterocycles. The van der Waals surface area contributed by atoms with Crippen molar-refractivity contribution in [2.45, 2.75) is 12.8 Å². The maximum atomic E-state index is 12.4. The normalized spacial score (nSPS) is 14.2. The Labute approximate surface area is 189 Å². The third kappa shape index (κ3) is 6.77. The van der Waals surface area contributed by atoms with Crippen LogP contribution >= 0.6 is 0 Å². The number of benzene rings is 2. The molecule has 3 rings (SSSR count). The minimum absolute atomic E-state index is 0.00538. The minimum atomic E-state index is -0.144. The number of piperidine rings is 1. The summed E-state index contributed by atoms with van der Waals surface area (Å²) in [5.41, 5.74) is 0.849. The SMILES string of the molecule is COc1ccc(/C=C/C(=O)NCC2CCN(C(=O)COc3ccccc3)CC2)cc1OC. The van der Waals surface area contributed by atoms with Crippen LogP contribution in [0.4, 0.5) is 0 Å². The Balaban J connectivity index is 1.37. The summed E-state index contributed by atoms with van der Waals surface area (Å²) in [6, 6.07) is 14.8. The third-order valence-electron chi connectivity index (χ3n) is 5.47. The number of carbonyl (C=O) groups is 2. The first kappa shape index (κ1) is 23.2. The van der Waals surface area contributed by atoms with Crippen molar-refractivity contribution >= 4 is 17.9 Å². The number of amides is 2. The lowest BCUT2D eigenvalue weighted by Gasteiger charge is -2.32. The van der Waals surface area contributed by atoms with Gasteiger partial charge in [-0.05, 0) is 54.7 Å². The molecule has 1 aliphatic heterocycles. The average Bonchev–Trinajstić information content (AvgIpc) is 2.85. The first-order chi connectivity index (χ1) is 15.6. The van der Waals surface area contributed by atoms with Crippen molar-refractivity contribution in [3.05, 3.63) is 60.2 Å². The molecule has 2 aromatic rings. The predicted octanol–water partition coefficient (Wildman–Crippen LogP) is 3.15. The number of para-hydroxylation sites is 1. The molecule has 7 nitrogen and oxygen atoms in total. The van der Waals surface area contributed by atoms with Crippen molar-refractivity contribution in [3.8, 4) is 17.2 Å². The summed E-state index contributed by atoms with van der Waals surface area (Å²) in [5.74, 6) is 2.16. The Morgan fingerprint density at radius 1 is 1.03 bits per heavy atom. The second-order valence-electron chi connectivity index (χ2n) is 7.62. The molecular formula is C25H30N2O5. The number of carbonyl (C=O) groups excluding carboxylic acids is 2. The highest BCUT2D eigenvalue weighted by Gasteiger charge is 2.23. The second kappa shape index (κ2) is 11.8. The van der Waals surface area contributed by atoms with Gasteiger partial charge in [0.05, 0.1) is 14.2 Å². The fraction of sp³-hybridized carbons (Fsp3) is 0.360. The van der Waals surface area contributed by atoms with E-state index >= 15 is 0 Å². The largest absolute Gasteiger partial charge is 0.493 e. The topological polar surface area (TPSA) is 77.1 Å². The maximum absolute atomic E-state index is 12.4. The monoisotopic (exact) mass is 438 g/mol. The van der Waals surface area contributed by atoms with Crippen LogP contribution in [0, 0.1) is 5.92 Å². The molecule has 0 bridgehead atoms. The molecule has 0 aliphatic carbocycles. The molecule has 32 heavy (non-hydrogen) atoms. The zero-order valence-electron chi connectivity index (χ0n) is 18.6. The van der Waals surface area contributed by atoms with Crippen molar-refractivity contribution in [1.82, 2.24) is 10.2 Å². The van der Waals surface area contributed by atoms with Crippen LogP contribution in [0.5, 0.6) is 17.2 Å². The van der Waals surface area contributed by atoms with Gasteiger partial charge in [-0.1, -0.05) is 24.3 Å². The van der Waals surface area contributed by atoms with Crippen molar-refractivity contribution < 1.29 is 23.8 Å². The number of methoxy groups -OCH3 is 2. The van der Waals surface area contributed by atoms with Gasteiger partial charge in [0.1, 0.15) is 5.75 Å². The Kier molecular flexibility index (Phi) is 8.54. The van der Waals surface area contributed by atoms with E-state index in [0.717, 1.165) is 18.4 Å². The molecule has 0 radical (unpaired) electrons. The molecule has 170 valence electrons. The van der Waals surface area contributed by atoms with E-state index in [9.17, 15) is 9.59 Å². The second-order valence-corrected chi connectivity index (χ2v) is 7.62. The molecule has 1 aliphatic rings. The number of nitrogens with one attached hydrogen (secondary N) is 1. The quantitative estimate of drug-likeness (QED) is 0.609. The van der Waals surface area contributed by atoms with Crippen molar-refractivity contribution in [3.63, 3.8) is 0 Å². The number of ether oxygens (including phenoxy) is 3. The molecule has 7 heteroatoms. The van der Waals surface area contributed by atoms with Crippen LogP contribution < -0.4 is 19.5 Å². The molecule has 0 unspecified atom stereocenters. The van der Waals surface area contributed by atoms with Gasteiger partial charge in [0.15, 0.2) is 18.1 Å². The number of nitrogens with zero attached hydrogens (tertiary/aromatic N) is 1. The highest BCUT2D eigenvalue weighted by atomic mass is 16.5. The Morgan fingerprint density at radius 2 is 1.75 bits per heavy atom. The summed E-state index contributed by atoms with van der Waals surface area (Å²) >= 11 is 0. The number of hydrogen-bond donors (Lipinski definition) is 1. The minimum Gasteiger partial charge on any atom is -0.493 e. The lowest BCUT2D eigenvalue weighted by Crippen LogP contribution is -2.43. The Hall–Kier alpha value is -3.48. The molecular weight excluding hydrogens is 408 g/mol. The summed E-state index contributed by atoms with van der Waals surface area (Å²) in [7, 11) is 3.16. The molecule has 0 saturated carbocycles. The Bertz CT molecular complexity index is 921. The lowest BCUT2D eigenvalue weighted by atomic mass is 9.96. The zero-order valence-corrected chi connectivity index (χ0v) is 18.6. The van der Waals surface area contributed by atoms with Crippen LogP contribution in [0.15, 0.2) is 54.6 Å². The zero-order chi connectivity index (χ0) is 22.8. The standard InChI is InChI=1S/C25H30N2O5/c1-30-22-10-8-19(16-23(22)31-2)9-11-24(28)26-17-20-12-14-27(15-13-20)25(29)18-32-21-6-4-3-5-7-21/h3-11,16,20H,12-15,17-18H2,1-2H3,(H,26,28)/b11-9+. The predicted molar refractivity (Wildman–Crippen MR) is 123 cm³/mol. The van der Waals surface area contributed by atoms with Crippen LogP contribution in [0.2, 0.25) is 0 Å². The lowest BCUT2D eigenvalue weighted by molar-refractivity contribution is -0.134. The van der Waals surface area contributed by atoms with E-state index in [1.165, 1.54) is 6.08 Å². The van der Waals surface area contributed by atoms with E-state index in [-0.39, 0.29) is 18.4 Å². The fourth-order valence-electron chi connectivity index (χ4n) is 3.57. The maximum Gasteiger partial charge on any atom is 0.260 e. The highest BCUT2D eigenvalue weighted by Crippen LogP contribution is 2.28. The van der Waals surface area contributed by atoms with Gasteiger partial charge in [-0.25, -0.2) is 0 Å². The summed E-state index contributed by atoms with van der Waals surface area (Å²) < 4.78 is 16.0. The first-order valence-corrected chi connectivity index (χ1v) is 10.7. The number of hydrogen-bond acceptors (Lipinski definition) is 5. The number of likely N-dealkylation sites (tertiary alicyclic amines) is 1. The van der Waals surface area contributed by atoms with Crippen molar-refractivity contribution in [2.24, 2.45) is 5.92 Å². The van der Waals surface area contributed by atoms with Gasteiger partial charge < -0.3 is 24.4 Å². The van der Waals surface area contributed by atoms with E-state index in [2.05, 4.69) is 5.32 Å². The summed E-state index contributed by atoms with van der Waals surface area (Å²) in [5, 5.41) is 2.95. The van der Waals surface area contributed by atoms with Crippen LogP contribution in [0.25, 0.3) is 6.08 Å². The molecule has 0 spiro atoms. The number of rotatable bonds is 9. The Morgan fingerprint density at radius 3 is 2.44 bits per heavy atom. The van der Waals surface area contributed by atoms with Crippen molar-refractivity contribution in [1.29, 1.82) is 0 Å². The summed E-state index contributed by atoms with van der Waals surface area (Å²) in [6.45, 7) is 2.00. The van der Waals surface area contributed by atoms with Gasteiger partial charge in [0.25, 0.3) is 5.91 Å². The molecule has 1 fully saturated rings. The van der Waals surface area contributed by atoms with Gasteiger partial charge in [0.2, 0.25) is 5.91 Å². The first-order valence-electron chi connectivity index (χ1n) is 10.7. The van der Waals surface area contributed by atoms with E-state index < -0.39 is 0 Å². The van der Waals surface area contributed by atoms with Crippen LogP contribution in [0.1, 0.15) is 18.4 Å². The average molecular weight is 439 g/mol. The van der Waals surface area contributed by atoms with Gasteiger partial charge in [0, 0.05) is 25.7 Å². The van der Waals surface area contributed by atoms with Gasteiger partial charge in [-0.15, -0.1) is 0 Å². The van der Waals surface area contributed by atoms with E-state index in [1.807, 2.05) is 47.4 Å². The summed E-state index contributed by atoms with van der Waals surface area (Å²) in [6.07, 6.45) is 4.97. The highest BCUT2D eigenvalue weighted by molar-refractivity contribution is 5.91. The molecule has 1 heterocycles. The van der Waals surface area contributed by atoms with Crippen LogP contribution in [-0.2, 0) is 9.59 Å².